The van der Waals surface area contributed by atoms with Gasteiger partial charge in [0.2, 0.25) is 0 Å². The molecule has 128 valence electrons. The molecule has 2 aromatic heterocycles. The quantitative estimate of drug-likeness (QED) is 0.626. The van der Waals surface area contributed by atoms with Crippen LogP contribution in [-0.4, -0.2) is 23.5 Å². The van der Waals surface area contributed by atoms with E-state index in [1.54, 1.807) is 5.48 Å². The van der Waals surface area contributed by atoms with Crippen LogP contribution in [0.25, 0.3) is 10.2 Å². The Balaban J connectivity index is 0.000000477. The smallest absolute Gasteiger partial charge is 0.160 e. The molecule has 2 N–H and O–H groups in total. The second kappa shape index (κ2) is 9.75. The zero-order valence-corrected chi connectivity index (χ0v) is 15.5. The van der Waals surface area contributed by atoms with Gasteiger partial charge in [0.25, 0.3) is 0 Å². The highest BCUT2D eigenvalue weighted by molar-refractivity contribution is 7.20. The Bertz CT molecular complexity index is 623. The second-order valence-corrected chi connectivity index (χ2v) is 6.79. The topological polar surface area (TPSA) is 62.2 Å². The van der Waals surface area contributed by atoms with Crippen molar-refractivity contribution in [1.29, 1.82) is 0 Å². The Hall–Kier alpha value is -1.30. The molecule has 0 aliphatic heterocycles. The largest absolute Gasteiger partial charge is 0.317 e. The highest BCUT2D eigenvalue weighted by atomic mass is 32.1. The van der Waals surface area contributed by atoms with E-state index in [0.717, 1.165) is 46.1 Å². The number of rotatable bonds is 2. The number of nitrogens with one attached hydrogen (secondary N) is 1. The third-order valence-electron chi connectivity index (χ3n) is 3.99. The summed E-state index contributed by atoms with van der Waals surface area (Å²) >= 11 is 1.50. The molecule has 1 aliphatic carbocycles. The molecule has 3 rings (SSSR count). The highest BCUT2D eigenvalue weighted by Gasteiger charge is 2.22. The molecule has 5 heteroatoms. The van der Waals surface area contributed by atoms with Crippen molar-refractivity contribution in [3.8, 4) is 0 Å². The first kappa shape index (κ1) is 19.7. The van der Waals surface area contributed by atoms with Gasteiger partial charge >= 0.3 is 0 Å². The number of carbonyl (C=O) groups is 1. The van der Waals surface area contributed by atoms with E-state index in [-0.39, 0.29) is 0 Å². The van der Waals surface area contributed by atoms with Crippen molar-refractivity contribution in [2.75, 3.05) is 7.05 Å². The van der Waals surface area contributed by atoms with Gasteiger partial charge in [0.1, 0.15) is 4.83 Å². The van der Waals surface area contributed by atoms with E-state index in [0.29, 0.717) is 0 Å². The third-order valence-corrected chi connectivity index (χ3v) is 4.96. The number of hydrogen-bond acceptors (Lipinski definition) is 5. The number of nitrogens with zero attached hydrogens (tertiary/aromatic N) is 1. The molecule has 0 saturated heterocycles. The number of aromatic nitrogens is 1. The summed E-state index contributed by atoms with van der Waals surface area (Å²) in [6, 6.07) is 4.20. The van der Waals surface area contributed by atoms with E-state index in [1.807, 2.05) is 19.9 Å². The van der Waals surface area contributed by atoms with Crippen LogP contribution in [-0.2, 0) is 12.8 Å². The van der Waals surface area contributed by atoms with Gasteiger partial charge in [-0.05, 0) is 48.8 Å². The molecule has 0 amide bonds. The Labute approximate surface area is 142 Å². The van der Waals surface area contributed by atoms with Crippen LogP contribution in [0.15, 0.2) is 12.1 Å². The minimum Gasteiger partial charge on any atom is -0.317 e. The maximum atomic E-state index is 10.8. The lowest BCUT2D eigenvalue weighted by molar-refractivity contribution is 0.112. The van der Waals surface area contributed by atoms with Gasteiger partial charge < -0.3 is 5.21 Å². The molecule has 0 saturated carbocycles. The number of aldehydes is 1. The van der Waals surface area contributed by atoms with Crippen LogP contribution in [0.1, 0.15) is 55.0 Å². The second-order valence-electron chi connectivity index (χ2n) is 5.73. The molecule has 0 radical (unpaired) electrons. The Morgan fingerprint density at radius 1 is 1.39 bits per heavy atom. The van der Waals surface area contributed by atoms with E-state index in [9.17, 15) is 4.79 Å². The molecular formula is C18H28N2O2S. The summed E-state index contributed by atoms with van der Waals surface area (Å²) in [7, 11) is 1.43. The molecule has 0 fully saturated rings. The lowest BCUT2D eigenvalue weighted by Crippen LogP contribution is -2.19. The summed E-state index contributed by atoms with van der Waals surface area (Å²) < 4.78 is 0. The maximum Gasteiger partial charge on any atom is 0.160 e. The monoisotopic (exact) mass is 336 g/mol. The van der Waals surface area contributed by atoms with Crippen LogP contribution in [0, 0.1) is 11.8 Å². The van der Waals surface area contributed by atoms with Crippen LogP contribution >= 0.6 is 11.3 Å². The lowest BCUT2D eigenvalue weighted by Gasteiger charge is -2.26. The minimum atomic E-state index is 0.738. The molecule has 2 heterocycles. The minimum absolute atomic E-state index is 0.738. The van der Waals surface area contributed by atoms with Gasteiger partial charge in [-0.1, -0.05) is 27.7 Å². The van der Waals surface area contributed by atoms with E-state index < -0.39 is 0 Å². The fraction of sp³-hybridized carbons (Fsp3) is 0.556. The number of thiophene rings is 1. The van der Waals surface area contributed by atoms with Crippen molar-refractivity contribution in [3.05, 3.63) is 28.3 Å². The Morgan fingerprint density at radius 2 is 2.04 bits per heavy atom. The number of aryl methyl sites for hydroxylation is 1. The molecule has 23 heavy (non-hydrogen) atoms. The number of hydrogen-bond donors (Lipinski definition) is 2. The standard InChI is InChI=1S/C15H17NOS.C2H6.CH5NO/c1-9(2)10-3-4-14-11(5-10)6-12-7-13(8-17)18-15(12)16-14;1-2;1-2-3/h6-10H,3-5H2,1-2H3;1-2H3;2-3H,1H3. The molecule has 2 aromatic rings. The normalized spacial score (nSPS) is 16.0. The molecule has 0 bridgehead atoms. The first-order chi connectivity index (χ1) is 11.1. The fourth-order valence-corrected chi connectivity index (χ4v) is 3.65. The third kappa shape index (κ3) is 5.09. The van der Waals surface area contributed by atoms with Crippen molar-refractivity contribution in [3.63, 3.8) is 0 Å². The van der Waals surface area contributed by atoms with E-state index in [1.165, 1.54) is 36.1 Å². The van der Waals surface area contributed by atoms with Crippen LogP contribution in [0.4, 0.5) is 0 Å². The van der Waals surface area contributed by atoms with Gasteiger partial charge in [0.15, 0.2) is 6.29 Å². The van der Waals surface area contributed by atoms with E-state index >= 15 is 0 Å². The number of pyridine rings is 1. The van der Waals surface area contributed by atoms with Crippen LogP contribution in [0.3, 0.4) is 0 Å². The molecule has 0 spiro atoms. The predicted octanol–water partition coefficient (Wildman–Crippen LogP) is 4.49. The number of fused-ring (bicyclic) bond motifs is 2. The summed E-state index contributed by atoms with van der Waals surface area (Å²) in [5, 5.41) is 8.45. The van der Waals surface area contributed by atoms with Crippen molar-refractivity contribution in [2.24, 2.45) is 11.8 Å². The van der Waals surface area contributed by atoms with Crippen LogP contribution < -0.4 is 5.48 Å². The first-order valence-electron chi connectivity index (χ1n) is 8.27. The van der Waals surface area contributed by atoms with Crippen molar-refractivity contribution in [2.45, 2.75) is 47.0 Å². The van der Waals surface area contributed by atoms with E-state index in [4.69, 9.17) is 10.2 Å². The van der Waals surface area contributed by atoms with Gasteiger partial charge in [-0.25, -0.2) is 10.5 Å². The van der Waals surface area contributed by atoms with E-state index in [2.05, 4.69) is 19.9 Å². The predicted molar refractivity (Wildman–Crippen MR) is 97.6 cm³/mol. The lowest BCUT2D eigenvalue weighted by atomic mass is 9.80. The van der Waals surface area contributed by atoms with Crippen molar-refractivity contribution >= 4 is 27.8 Å². The molecule has 1 atom stereocenters. The zero-order chi connectivity index (χ0) is 17.4. The fourth-order valence-electron chi connectivity index (χ4n) is 2.80. The average Bonchev–Trinajstić information content (AvgIpc) is 2.96. The number of carbonyl (C=O) groups excluding carboxylic acids is 1. The van der Waals surface area contributed by atoms with Gasteiger partial charge in [-0.2, -0.15) is 0 Å². The summed E-state index contributed by atoms with van der Waals surface area (Å²) in [6.45, 7) is 8.60. The van der Waals surface area contributed by atoms with Crippen LogP contribution in [0.2, 0.25) is 0 Å². The van der Waals surface area contributed by atoms with Gasteiger partial charge in [-0.15, -0.1) is 11.3 Å². The maximum absolute atomic E-state index is 10.8. The summed E-state index contributed by atoms with van der Waals surface area (Å²) in [4.78, 5) is 17.4. The zero-order valence-electron chi connectivity index (χ0n) is 14.7. The molecule has 1 aliphatic rings. The van der Waals surface area contributed by atoms with Crippen LogP contribution in [0.5, 0.6) is 0 Å². The summed E-state index contributed by atoms with van der Waals surface area (Å²) in [5.41, 5.74) is 4.39. The number of hydroxylamine groups is 1. The van der Waals surface area contributed by atoms with Gasteiger partial charge in [0, 0.05) is 18.1 Å². The summed E-state index contributed by atoms with van der Waals surface area (Å²) in [6.07, 6.45) is 4.39. The Morgan fingerprint density at radius 3 is 2.61 bits per heavy atom. The van der Waals surface area contributed by atoms with Gasteiger partial charge in [0.05, 0.1) is 4.88 Å². The SMILES string of the molecule is CC.CC(C)C1CCc2nc3sc(C=O)cc3cc2C1.CNO. The van der Waals surface area contributed by atoms with Crippen molar-refractivity contribution < 1.29 is 10.0 Å². The molecule has 1 unspecified atom stereocenters. The Kier molecular flexibility index (Phi) is 8.37. The summed E-state index contributed by atoms with van der Waals surface area (Å²) in [5.74, 6) is 1.52. The average molecular weight is 337 g/mol. The first-order valence-corrected chi connectivity index (χ1v) is 9.09. The molecular weight excluding hydrogens is 308 g/mol. The van der Waals surface area contributed by atoms with Crippen molar-refractivity contribution in [1.82, 2.24) is 10.5 Å². The molecule has 4 nitrogen and oxygen atoms in total. The molecule has 0 aromatic carbocycles. The van der Waals surface area contributed by atoms with Gasteiger partial charge in [-0.3, -0.25) is 4.79 Å². The highest BCUT2D eigenvalue weighted by Crippen LogP contribution is 2.33.